The Kier molecular flexibility index (Phi) is 5.20. The van der Waals surface area contributed by atoms with Gasteiger partial charge >= 0.3 is 5.97 Å². The predicted octanol–water partition coefficient (Wildman–Crippen LogP) is 1.10. The van der Waals surface area contributed by atoms with Crippen LogP contribution in [0.3, 0.4) is 0 Å². The molecule has 0 unspecified atom stereocenters. The number of amides is 1. The highest BCUT2D eigenvalue weighted by atomic mass is 16.5. The number of hydrogen-bond acceptors (Lipinski definition) is 3. The van der Waals surface area contributed by atoms with E-state index in [1.165, 1.54) is 6.92 Å². The molecular weight excluding hydrogens is 182 g/mol. The van der Waals surface area contributed by atoms with Crippen molar-refractivity contribution < 1.29 is 14.3 Å². The van der Waals surface area contributed by atoms with Gasteiger partial charge in [-0.1, -0.05) is 13.8 Å². The van der Waals surface area contributed by atoms with Crippen molar-refractivity contribution in [1.29, 1.82) is 0 Å². The lowest BCUT2D eigenvalue weighted by Crippen LogP contribution is -2.45. The smallest absolute Gasteiger partial charge is 0.329 e. The third-order valence-electron chi connectivity index (χ3n) is 1.63. The number of esters is 1. The van der Waals surface area contributed by atoms with Crippen LogP contribution in [0.2, 0.25) is 0 Å². The first kappa shape index (κ1) is 12.9. The van der Waals surface area contributed by atoms with Crippen molar-refractivity contribution in [2.24, 2.45) is 5.92 Å². The molecule has 14 heavy (non-hydrogen) atoms. The van der Waals surface area contributed by atoms with Gasteiger partial charge in [0, 0.05) is 6.92 Å². The standard InChI is InChI=1S/C10H19NO3/c1-6(2)9(11-8(5)12)10(13)14-7(3)4/h6-7,9H,1-5H3,(H,11,12)/t9-/m0/s1. The zero-order valence-electron chi connectivity index (χ0n) is 9.46. The zero-order valence-corrected chi connectivity index (χ0v) is 9.46. The quantitative estimate of drug-likeness (QED) is 0.693. The van der Waals surface area contributed by atoms with Crippen LogP contribution in [-0.2, 0) is 14.3 Å². The molecule has 0 saturated heterocycles. The van der Waals surface area contributed by atoms with Crippen LogP contribution in [0.25, 0.3) is 0 Å². The molecule has 4 nitrogen and oxygen atoms in total. The maximum Gasteiger partial charge on any atom is 0.329 e. The third kappa shape index (κ3) is 4.84. The number of carbonyl (C=O) groups excluding carboxylic acids is 2. The Hall–Kier alpha value is -1.06. The van der Waals surface area contributed by atoms with E-state index in [9.17, 15) is 9.59 Å². The van der Waals surface area contributed by atoms with Crippen LogP contribution in [0.15, 0.2) is 0 Å². The molecule has 0 aliphatic heterocycles. The molecule has 1 amide bonds. The van der Waals surface area contributed by atoms with Crippen LogP contribution in [0, 0.1) is 5.92 Å². The topological polar surface area (TPSA) is 55.4 Å². The van der Waals surface area contributed by atoms with Gasteiger partial charge < -0.3 is 10.1 Å². The molecule has 0 aromatic heterocycles. The molecule has 0 aromatic rings. The largest absolute Gasteiger partial charge is 0.461 e. The molecule has 0 rings (SSSR count). The lowest BCUT2D eigenvalue weighted by Gasteiger charge is -2.21. The Labute approximate surface area is 85.0 Å². The van der Waals surface area contributed by atoms with Crippen LogP contribution in [-0.4, -0.2) is 24.0 Å². The van der Waals surface area contributed by atoms with Gasteiger partial charge in [0.1, 0.15) is 6.04 Å². The molecule has 0 saturated carbocycles. The van der Waals surface area contributed by atoms with E-state index in [0.29, 0.717) is 0 Å². The molecule has 0 fully saturated rings. The number of ether oxygens (including phenoxy) is 1. The second-order valence-electron chi connectivity index (χ2n) is 3.91. The fourth-order valence-electron chi connectivity index (χ4n) is 1.02. The van der Waals surface area contributed by atoms with Crippen molar-refractivity contribution in [3.05, 3.63) is 0 Å². The molecular formula is C10H19NO3. The normalized spacial score (nSPS) is 12.8. The van der Waals surface area contributed by atoms with E-state index < -0.39 is 6.04 Å². The molecule has 4 heteroatoms. The van der Waals surface area contributed by atoms with Crippen LogP contribution in [0.5, 0.6) is 0 Å². The molecule has 0 aliphatic carbocycles. The Balaban J connectivity index is 4.33. The Bertz CT molecular complexity index is 211. The molecule has 0 heterocycles. The van der Waals surface area contributed by atoms with E-state index in [1.54, 1.807) is 13.8 Å². The van der Waals surface area contributed by atoms with E-state index in [-0.39, 0.29) is 23.9 Å². The van der Waals surface area contributed by atoms with E-state index in [0.717, 1.165) is 0 Å². The summed E-state index contributed by atoms with van der Waals surface area (Å²) in [5, 5.41) is 2.57. The van der Waals surface area contributed by atoms with E-state index >= 15 is 0 Å². The second kappa shape index (κ2) is 5.62. The van der Waals surface area contributed by atoms with E-state index in [1.807, 2.05) is 13.8 Å². The minimum atomic E-state index is -0.546. The molecule has 82 valence electrons. The van der Waals surface area contributed by atoms with Gasteiger partial charge in [0.15, 0.2) is 0 Å². The summed E-state index contributed by atoms with van der Waals surface area (Å²) in [6.07, 6.45) is -0.155. The maximum atomic E-state index is 11.5. The summed E-state index contributed by atoms with van der Waals surface area (Å²) in [6, 6.07) is -0.546. The number of nitrogens with one attached hydrogen (secondary N) is 1. The molecule has 0 aromatic carbocycles. The SMILES string of the molecule is CC(=O)N[C@H](C(=O)OC(C)C)C(C)C. The zero-order chi connectivity index (χ0) is 11.3. The van der Waals surface area contributed by atoms with Gasteiger partial charge in [-0.15, -0.1) is 0 Å². The molecule has 0 bridgehead atoms. The summed E-state index contributed by atoms with van der Waals surface area (Å²) < 4.78 is 5.02. The lowest BCUT2D eigenvalue weighted by molar-refractivity contribution is -0.152. The van der Waals surface area contributed by atoms with E-state index in [4.69, 9.17) is 4.74 Å². The van der Waals surface area contributed by atoms with Crippen LogP contribution in [0.4, 0.5) is 0 Å². The van der Waals surface area contributed by atoms with Crippen molar-refractivity contribution in [2.45, 2.75) is 46.8 Å². The second-order valence-corrected chi connectivity index (χ2v) is 3.91. The third-order valence-corrected chi connectivity index (χ3v) is 1.63. The predicted molar refractivity (Wildman–Crippen MR) is 53.7 cm³/mol. The first-order chi connectivity index (χ1) is 6.34. The van der Waals surface area contributed by atoms with Crippen molar-refractivity contribution in [1.82, 2.24) is 5.32 Å². The number of rotatable bonds is 4. The highest BCUT2D eigenvalue weighted by molar-refractivity contribution is 5.83. The van der Waals surface area contributed by atoms with Gasteiger partial charge in [-0.05, 0) is 19.8 Å². The van der Waals surface area contributed by atoms with Gasteiger partial charge in [0.25, 0.3) is 0 Å². The van der Waals surface area contributed by atoms with Crippen LogP contribution >= 0.6 is 0 Å². The van der Waals surface area contributed by atoms with Crippen LogP contribution in [0.1, 0.15) is 34.6 Å². The maximum absolute atomic E-state index is 11.5. The summed E-state index contributed by atoms with van der Waals surface area (Å²) in [5.41, 5.74) is 0. The minimum absolute atomic E-state index is 0.0325. The monoisotopic (exact) mass is 201 g/mol. The molecule has 1 atom stereocenters. The van der Waals surface area contributed by atoms with Crippen molar-refractivity contribution in [3.8, 4) is 0 Å². The first-order valence-corrected chi connectivity index (χ1v) is 4.82. The van der Waals surface area contributed by atoms with Crippen molar-refractivity contribution >= 4 is 11.9 Å². The van der Waals surface area contributed by atoms with Gasteiger partial charge in [-0.3, -0.25) is 4.79 Å². The first-order valence-electron chi connectivity index (χ1n) is 4.82. The molecule has 0 aliphatic rings. The van der Waals surface area contributed by atoms with E-state index in [2.05, 4.69) is 5.32 Å². The van der Waals surface area contributed by atoms with Crippen molar-refractivity contribution in [3.63, 3.8) is 0 Å². The Morgan fingerprint density at radius 3 is 1.93 bits per heavy atom. The summed E-state index contributed by atoms with van der Waals surface area (Å²) in [6.45, 7) is 8.68. The number of hydrogen-bond donors (Lipinski definition) is 1. The Morgan fingerprint density at radius 1 is 1.14 bits per heavy atom. The molecule has 0 spiro atoms. The Morgan fingerprint density at radius 2 is 1.64 bits per heavy atom. The minimum Gasteiger partial charge on any atom is -0.461 e. The average molecular weight is 201 g/mol. The van der Waals surface area contributed by atoms with Crippen LogP contribution < -0.4 is 5.32 Å². The molecule has 0 radical (unpaired) electrons. The fraction of sp³-hybridized carbons (Fsp3) is 0.800. The fourth-order valence-corrected chi connectivity index (χ4v) is 1.02. The van der Waals surface area contributed by atoms with Gasteiger partial charge in [0.05, 0.1) is 6.10 Å². The highest BCUT2D eigenvalue weighted by Gasteiger charge is 2.24. The number of carbonyl (C=O) groups is 2. The van der Waals surface area contributed by atoms with Gasteiger partial charge in [-0.2, -0.15) is 0 Å². The highest BCUT2D eigenvalue weighted by Crippen LogP contribution is 2.05. The summed E-state index contributed by atoms with van der Waals surface area (Å²) in [4.78, 5) is 22.3. The lowest BCUT2D eigenvalue weighted by atomic mass is 10.0. The van der Waals surface area contributed by atoms with Gasteiger partial charge in [0.2, 0.25) is 5.91 Å². The summed E-state index contributed by atoms with van der Waals surface area (Å²) in [7, 11) is 0. The average Bonchev–Trinajstić information content (AvgIpc) is 1.97. The van der Waals surface area contributed by atoms with Gasteiger partial charge in [-0.25, -0.2) is 4.79 Å². The summed E-state index contributed by atoms with van der Waals surface area (Å²) >= 11 is 0. The molecule has 1 N–H and O–H groups in total. The van der Waals surface area contributed by atoms with Crippen molar-refractivity contribution in [2.75, 3.05) is 0 Å². The summed E-state index contributed by atoms with van der Waals surface area (Å²) in [5.74, 6) is -0.556.